The first-order valence-electron chi connectivity index (χ1n) is 3.12. The first-order valence-corrected chi connectivity index (χ1v) is 4.50. The highest BCUT2D eigenvalue weighted by Crippen LogP contribution is 2.09. The summed E-state index contributed by atoms with van der Waals surface area (Å²) in [4.78, 5) is -0.427. The lowest BCUT2D eigenvalue weighted by Gasteiger charge is -1.90. The smallest absolute Gasteiger partial charge is 0.267 e. The summed E-state index contributed by atoms with van der Waals surface area (Å²) in [5.41, 5.74) is 0. The van der Waals surface area contributed by atoms with Gasteiger partial charge in [-0.15, -0.1) is 10.5 Å². The molecule has 0 aromatic carbocycles. The Morgan fingerprint density at radius 1 is 1.75 bits per heavy atom. The average Bonchev–Trinajstić information content (AvgIpc) is 2.35. The molecule has 0 unspecified atom stereocenters. The van der Waals surface area contributed by atoms with Crippen LogP contribution in [-0.2, 0) is 16.8 Å². The van der Waals surface area contributed by atoms with Gasteiger partial charge >= 0.3 is 10.2 Å². The molecule has 6 heteroatoms. The third-order valence-electron chi connectivity index (χ3n) is 1.21. The monoisotopic (exact) mass is 190 g/mol. The van der Waals surface area contributed by atoms with Crippen molar-refractivity contribution in [2.45, 2.75) is 11.4 Å². The van der Waals surface area contributed by atoms with Crippen molar-refractivity contribution in [2.75, 3.05) is 0 Å². The van der Waals surface area contributed by atoms with Gasteiger partial charge in [-0.05, 0) is 0 Å². The lowest BCUT2D eigenvalue weighted by molar-refractivity contribution is 0.552. The standard InChI is InChI=1S/C6H7FN2O2S/c1-2-3-9-5-6(4-8-9)12(7,10)11/h2,4-5H,1,3H2. The number of halogens is 1. The molecule has 12 heavy (non-hydrogen) atoms. The van der Waals surface area contributed by atoms with Gasteiger partial charge in [-0.1, -0.05) is 6.08 Å². The minimum Gasteiger partial charge on any atom is -0.267 e. The Morgan fingerprint density at radius 3 is 2.83 bits per heavy atom. The highest BCUT2D eigenvalue weighted by molar-refractivity contribution is 7.86. The number of allylic oxidation sites excluding steroid dienone is 1. The zero-order chi connectivity index (χ0) is 9.19. The SMILES string of the molecule is C=CCn1cc(S(=O)(=O)F)cn1. The number of rotatable bonds is 3. The molecule has 0 aliphatic heterocycles. The normalized spacial score (nSPS) is 11.4. The van der Waals surface area contributed by atoms with Crippen LogP contribution in [0.5, 0.6) is 0 Å². The fraction of sp³-hybridized carbons (Fsp3) is 0.167. The molecule has 1 aromatic heterocycles. The predicted molar refractivity (Wildman–Crippen MR) is 40.7 cm³/mol. The van der Waals surface area contributed by atoms with Gasteiger partial charge in [0.2, 0.25) is 0 Å². The number of hydrogen-bond acceptors (Lipinski definition) is 3. The largest absolute Gasteiger partial charge is 0.335 e. The van der Waals surface area contributed by atoms with Gasteiger partial charge < -0.3 is 0 Å². The Balaban J connectivity index is 2.99. The van der Waals surface area contributed by atoms with Crippen LogP contribution in [0.25, 0.3) is 0 Å². The molecule has 0 saturated carbocycles. The summed E-state index contributed by atoms with van der Waals surface area (Å²) in [6.45, 7) is 3.78. The van der Waals surface area contributed by atoms with E-state index in [2.05, 4.69) is 11.7 Å². The van der Waals surface area contributed by atoms with E-state index in [1.165, 1.54) is 10.8 Å². The van der Waals surface area contributed by atoms with Crippen molar-refractivity contribution in [2.24, 2.45) is 0 Å². The Hall–Kier alpha value is -1.17. The molecule has 1 heterocycles. The molecule has 4 nitrogen and oxygen atoms in total. The van der Waals surface area contributed by atoms with Crippen molar-refractivity contribution < 1.29 is 12.3 Å². The van der Waals surface area contributed by atoms with Crippen LogP contribution in [0.3, 0.4) is 0 Å². The maximum Gasteiger partial charge on any atom is 0.335 e. The predicted octanol–water partition coefficient (Wildman–Crippen LogP) is 0.727. The minimum absolute atomic E-state index is 0.357. The number of hydrogen-bond donors (Lipinski definition) is 0. The molecular weight excluding hydrogens is 183 g/mol. The van der Waals surface area contributed by atoms with Crippen LogP contribution in [0, 0.1) is 0 Å². The Kier molecular flexibility index (Phi) is 2.27. The van der Waals surface area contributed by atoms with Crippen molar-refractivity contribution in [3.8, 4) is 0 Å². The molecule has 0 saturated heterocycles. The summed E-state index contributed by atoms with van der Waals surface area (Å²) >= 11 is 0. The van der Waals surface area contributed by atoms with Gasteiger partial charge in [-0.2, -0.15) is 13.5 Å². The van der Waals surface area contributed by atoms with Gasteiger partial charge in [0.25, 0.3) is 0 Å². The summed E-state index contributed by atoms with van der Waals surface area (Å²) in [5.74, 6) is 0. The second-order valence-corrected chi connectivity index (χ2v) is 3.47. The van der Waals surface area contributed by atoms with E-state index >= 15 is 0 Å². The quantitative estimate of drug-likeness (QED) is 0.521. The van der Waals surface area contributed by atoms with E-state index in [1.807, 2.05) is 0 Å². The third kappa shape index (κ3) is 1.91. The molecule has 0 atom stereocenters. The Morgan fingerprint density at radius 2 is 2.42 bits per heavy atom. The summed E-state index contributed by atoms with van der Waals surface area (Å²) < 4.78 is 34.2. The van der Waals surface area contributed by atoms with Crippen molar-refractivity contribution in [3.63, 3.8) is 0 Å². The van der Waals surface area contributed by atoms with Crippen molar-refractivity contribution in [3.05, 3.63) is 25.0 Å². The third-order valence-corrected chi connectivity index (χ3v) is 1.98. The Bertz CT molecular complexity index is 382. The first-order chi connectivity index (χ1) is 5.54. The molecule has 0 aliphatic rings. The number of nitrogens with zero attached hydrogens (tertiary/aromatic N) is 2. The van der Waals surface area contributed by atoms with Crippen LogP contribution in [-0.4, -0.2) is 18.2 Å². The maximum absolute atomic E-state index is 12.3. The van der Waals surface area contributed by atoms with E-state index in [0.717, 1.165) is 12.4 Å². The van der Waals surface area contributed by atoms with Crippen LogP contribution in [0.2, 0.25) is 0 Å². The van der Waals surface area contributed by atoms with E-state index in [0.29, 0.717) is 6.54 Å². The minimum atomic E-state index is -4.62. The molecule has 0 aliphatic carbocycles. The lowest BCUT2D eigenvalue weighted by Crippen LogP contribution is -1.94. The molecule has 66 valence electrons. The fourth-order valence-corrected chi connectivity index (χ4v) is 1.12. The molecule has 0 bridgehead atoms. The molecule has 1 aromatic rings. The maximum atomic E-state index is 12.3. The van der Waals surface area contributed by atoms with Gasteiger partial charge in [0, 0.05) is 6.20 Å². The van der Waals surface area contributed by atoms with Crippen LogP contribution >= 0.6 is 0 Å². The summed E-state index contributed by atoms with van der Waals surface area (Å²) in [6, 6.07) is 0. The zero-order valence-corrected chi connectivity index (χ0v) is 6.96. The molecule has 0 N–H and O–H groups in total. The molecule has 0 amide bonds. The van der Waals surface area contributed by atoms with Crippen molar-refractivity contribution >= 4 is 10.2 Å². The lowest BCUT2D eigenvalue weighted by atomic mass is 10.6. The van der Waals surface area contributed by atoms with Crippen LogP contribution in [0.1, 0.15) is 0 Å². The first kappa shape index (κ1) is 8.92. The highest BCUT2D eigenvalue weighted by atomic mass is 32.3. The van der Waals surface area contributed by atoms with Crippen LogP contribution in [0.15, 0.2) is 29.9 Å². The fourth-order valence-electron chi connectivity index (χ4n) is 0.703. The second-order valence-electron chi connectivity index (χ2n) is 2.12. The van der Waals surface area contributed by atoms with E-state index in [1.54, 1.807) is 0 Å². The number of aromatic nitrogens is 2. The molecular formula is C6H7FN2O2S. The van der Waals surface area contributed by atoms with Crippen LogP contribution < -0.4 is 0 Å². The zero-order valence-electron chi connectivity index (χ0n) is 6.14. The molecule has 0 radical (unpaired) electrons. The average molecular weight is 190 g/mol. The van der Waals surface area contributed by atoms with Crippen molar-refractivity contribution in [1.29, 1.82) is 0 Å². The Labute approximate surface area is 69.5 Å². The highest BCUT2D eigenvalue weighted by Gasteiger charge is 2.13. The van der Waals surface area contributed by atoms with E-state index in [9.17, 15) is 12.3 Å². The summed E-state index contributed by atoms with van der Waals surface area (Å²) in [7, 11) is -4.62. The second kappa shape index (κ2) is 3.06. The van der Waals surface area contributed by atoms with Gasteiger partial charge in [0.1, 0.15) is 4.90 Å². The van der Waals surface area contributed by atoms with Crippen LogP contribution in [0.4, 0.5) is 3.89 Å². The van der Waals surface area contributed by atoms with Gasteiger partial charge in [-0.3, -0.25) is 4.68 Å². The summed E-state index contributed by atoms with van der Waals surface area (Å²) in [6.07, 6.45) is 3.59. The topological polar surface area (TPSA) is 52.0 Å². The van der Waals surface area contributed by atoms with E-state index < -0.39 is 15.1 Å². The van der Waals surface area contributed by atoms with E-state index in [4.69, 9.17) is 0 Å². The van der Waals surface area contributed by atoms with Gasteiger partial charge in [-0.25, -0.2) is 0 Å². The molecule has 0 fully saturated rings. The van der Waals surface area contributed by atoms with Gasteiger partial charge in [0.05, 0.1) is 12.7 Å². The summed E-state index contributed by atoms with van der Waals surface area (Å²) in [5, 5.41) is 3.60. The molecule has 0 spiro atoms. The van der Waals surface area contributed by atoms with Gasteiger partial charge in [0.15, 0.2) is 0 Å². The molecule has 1 rings (SSSR count). The van der Waals surface area contributed by atoms with E-state index in [-0.39, 0.29) is 0 Å². The van der Waals surface area contributed by atoms with Crippen molar-refractivity contribution in [1.82, 2.24) is 9.78 Å².